The van der Waals surface area contributed by atoms with Crippen LogP contribution in [0.2, 0.25) is 0 Å². The minimum Gasteiger partial charge on any atom is -0.496 e. The topological polar surface area (TPSA) is 99.7 Å². The van der Waals surface area contributed by atoms with E-state index >= 15 is 0 Å². The first-order valence-electron chi connectivity index (χ1n) is 11.3. The summed E-state index contributed by atoms with van der Waals surface area (Å²) in [6.07, 6.45) is 2.88. The number of hydrogen-bond donors (Lipinski definition) is 0. The van der Waals surface area contributed by atoms with Gasteiger partial charge in [-0.3, -0.25) is 14.2 Å². The van der Waals surface area contributed by atoms with Crippen LogP contribution in [0.15, 0.2) is 52.2 Å². The van der Waals surface area contributed by atoms with E-state index in [0.29, 0.717) is 55.8 Å². The van der Waals surface area contributed by atoms with Gasteiger partial charge in [-0.1, -0.05) is 23.9 Å². The van der Waals surface area contributed by atoms with Crippen molar-refractivity contribution in [3.63, 3.8) is 0 Å². The summed E-state index contributed by atoms with van der Waals surface area (Å²) in [7, 11) is 1.62. The van der Waals surface area contributed by atoms with Crippen LogP contribution in [0.4, 0.5) is 0 Å². The lowest BCUT2D eigenvalue weighted by Gasteiger charge is -2.30. The summed E-state index contributed by atoms with van der Waals surface area (Å²) >= 11 is 1.34. The number of ether oxygens (including phenoxy) is 2. The zero-order chi connectivity index (χ0) is 23.9. The third kappa shape index (κ3) is 5.44. The number of methoxy groups -OCH3 is 1. The highest BCUT2D eigenvalue weighted by atomic mass is 32.2. The molecule has 0 radical (unpaired) electrons. The molecule has 0 spiro atoms. The molecule has 0 bridgehead atoms. The summed E-state index contributed by atoms with van der Waals surface area (Å²) in [5.41, 5.74) is 0.809. The predicted molar refractivity (Wildman–Crippen MR) is 126 cm³/mol. The van der Waals surface area contributed by atoms with Gasteiger partial charge in [0.25, 0.3) is 0 Å². The molecule has 34 heavy (non-hydrogen) atoms. The van der Waals surface area contributed by atoms with Crippen LogP contribution in [0.3, 0.4) is 0 Å². The number of esters is 1. The highest BCUT2D eigenvalue weighted by molar-refractivity contribution is 7.99. The lowest BCUT2D eigenvalue weighted by atomic mass is 9.97. The normalized spacial score (nSPS) is 14.2. The van der Waals surface area contributed by atoms with Crippen molar-refractivity contribution in [2.75, 3.05) is 32.6 Å². The number of benzene rings is 1. The Balaban J connectivity index is 1.46. The van der Waals surface area contributed by atoms with E-state index in [4.69, 9.17) is 13.9 Å². The number of aromatic nitrogens is 3. The number of hydrogen-bond acceptors (Lipinski definition) is 8. The third-order valence-corrected chi connectivity index (χ3v) is 6.70. The second-order valence-electron chi connectivity index (χ2n) is 7.87. The summed E-state index contributed by atoms with van der Waals surface area (Å²) in [5.74, 6) is 2.03. The first kappa shape index (κ1) is 23.9. The molecule has 1 aromatic carbocycles. The third-order valence-electron chi connectivity index (χ3n) is 5.75. The number of carbonyl (C=O) groups excluding carboxylic acids is 2. The molecule has 0 aliphatic carbocycles. The maximum absolute atomic E-state index is 12.9. The van der Waals surface area contributed by atoms with Crippen molar-refractivity contribution < 1.29 is 23.5 Å². The molecule has 10 heteroatoms. The molecular formula is C24H28N4O5S. The van der Waals surface area contributed by atoms with Gasteiger partial charge >= 0.3 is 5.97 Å². The maximum atomic E-state index is 12.9. The summed E-state index contributed by atoms with van der Waals surface area (Å²) in [5, 5.41) is 9.39. The van der Waals surface area contributed by atoms with Crippen LogP contribution in [0.1, 0.15) is 25.5 Å². The molecule has 0 N–H and O–H groups in total. The zero-order valence-corrected chi connectivity index (χ0v) is 20.1. The van der Waals surface area contributed by atoms with Crippen LogP contribution in [0, 0.1) is 5.92 Å². The highest BCUT2D eigenvalue weighted by Gasteiger charge is 2.28. The van der Waals surface area contributed by atoms with Crippen molar-refractivity contribution in [1.82, 2.24) is 19.7 Å². The molecule has 1 fully saturated rings. The van der Waals surface area contributed by atoms with Gasteiger partial charge < -0.3 is 18.8 Å². The first-order chi connectivity index (χ1) is 16.6. The first-order valence-corrected chi connectivity index (χ1v) is 12.3. The molecule has 1 aliphatic rings. The number of para-hydroxylation sites is 1. The van der Waals surface area contributed by atoms with Gasteiger partial charge in [-0.25, -0.2) is 0 Å². The minimum absolute atomic E-state index is 0.0127. The summed E-state index contributed by atoms with van der Waals surface area (Å²) < 4.78 is 18.1. The van der Waals surface area contributed by atoms with Crippen molar-refractivity contribution in [3.05, 3.63) is 48.4 Å². The second kappa shape index (κ2) is 11.2. The molecule has 3 aromatic rings. The standard InChI is InChI=1S/C24H28N4O5S/c1-3-32-23(30)17-10-12-27(13-11-17)21(29)16-34-24-26-25-22(19-8-4-5-9-20(19)31-2)28(24)15-18-7-6-14-33-18/h4-9,14,17H,3,10-13,15-16H2,1-2H3. The van der Waals surface area contributed by atoms with Gasteiger partial charge in [0, 0.05) is 13.1 Å². The number of carbonyl (C=O) groups is 2. The Morgan fingerprint density at radius 1 is 1.15 bits per heavy atom. The number of rotatable bonds is 9. The van der Waals surface area contributed by atoms with Gasteiger partial charge in [0.1, 0.15) is 11.5 Å². The fourth-order valence-corrected chi connectivity index (χ4v) is 4.81. The van der Waals surface area contributed by atoms with Gasteiger partial charge in [0.2, 0.25) is 5.91 Å². The fraction of sp³-hybridized carbons (Fsp3) is 0.417. The molecule has 0 atom stereocenters. The molecule has 180 valence electrons. The summed E-state index contributed by atoms with van der Waals surface area (Å²) in [6, 6.07) is 11.3. The Kier molecular flexibility index (Phi) is 7.89. The Hall–Kier alpha value is -3.27. The van der Waals surface area contributed by atoms with Crippen LogP contribution < -0.4 is 4.74 Å². The van der Waals surface area contributed by atoms with E-state index in [0.717, 1.165) is 11.3 Å². The maximum Gasteiger partial charge on any atom is 0.309 e. The van der Waals surface area contributed by atoms with E-state index in [1.54, 1.807) is 25.2 Å². The SMILES string of the molecule is CCOC(=O)C1CCN(C(=O)CSc2nnc(-c3ccccc3OC)n2Cc2ccco2)CC1. The molecule has 9 nitrogen and oxygen atoms in total. The largest absolute Gasteiger partial charge is 0.496 e. The highest BCUT2D eigenvalue weighted by Crippen LogP contribution is 2.32. The quantitative estimate of drug-likeness (QED) is 0.336. The van der Waals surface area contributed by atoms with Gasteiger partial charge in [-0.15, -0.1) is 10.2 Å². The van der Waals surface area contributed by atoms with Crippen LogP contribution in [0.5, 0.6) is 5.75 Å². The molecule has 2 aromatic heterocycles. The molecule has 4 rings (SSSR count). The number of likely N-dealkylation sites (tertiary alicyclic amines) is 1. The van der Waals surface area contributed by atoms with E-state index in [2.05, 4.69) is 10.2 Å². The van der Waals surface area contributed by atoms with Crippen molar-refractivity contribution in [3.8, 4) is 17.1 Å². The fourth-order valence-electron chi connectivity index (χ4n) is 3.97. The van der Waals surface area contributed by atoms with Crippen molar-refractivity contribution >= 4 is 23.6 Å². The lowest BCUT2D eigenvalue weighted by Crippen LogP contribution is -2.41. The van der Waals surface area contributed by atoms with Crippen LogP contribution in [0.25, 0.3) is 11.4 Å². The number of amides is 1. The minimum atomic E-state index is -0.168. The predicted octanol–water partition coefficient (Wildman–Crippen LogP) is 3.49. The Bertz CT molecular complexity index is 1110. The van der Waals surface area contributed by atoms with Crippen LogP contribution in [-0.2, 0) is 20.9 Å². The molecule has 3 heterocycles. The smallest absolute Gasteiger partial charge is 0.309 e. The monoisotopic (exact) mass is 484 g/mol. The Morgan fingerprint density at radius 2 is 1.94 bits per heavy atom. The molecule has 0 saturated carbocycles. The van der Waals surface area contributed by atoms with Crippen LogP contribution >= 0.6 is 11.8 Å². The number of thioether (sulfide) groups is 1. The molecule has 1 saturated heterocycles. The van der Waals surface area contributed by atoms with Gasteiger partial charge in [0.15, 0.2) is 11.0 Å². The second-order valence-corrected chi connectivity index (χ2v) is 8.81. The van der Waals surface area contributed by atoms with Gasteiger partial charge in [-0.2, -0.15) is 0 Å². The van der Waals surface area contributed by atoms with Crippen LogP contribution in [-0.4, -0.2) is 64.1 Å². The summed E-state index contributed by atoms with van der Waals surface area (Å²) in [6.45, 7) is 3.71. The zero-order valence-electron chi connectivity index (χ0n) is 19.3. The van der Waals surface area contributed by atoms with Gasteiger partial charge in [-0.05, 0) is 44.0 Å². The van der Waals surface area contributed by atoms with Crippen molar-refractivity contribution in [1.29, 1.82) is 0 Å². The van der Waals surface area contributed by atoms with E-state index in [1.807, 2.05) is 41.0 Å². The lowest BCUT2D eigenvalue weighted by molar-refractivity contribution is -0.151. The van der Waals surface area contributed by atoms with E-state index in [-0.39, 0.29) is 23.5 Å². The van der Waals surface area contributed by atoms with E-state index < -0.39 is 0 Å². The average Bonchev–Trinajstić information content (AvgIpc) is 3.53. The Morgan fingerprint density at radius 3 is 2.65 bits per heavy atom. The van der Waals surface area contributed by atoms with Crippen molar-refractivity contribution in [2.24, 2.45) is 5.92 Å². The number of furan rings is 1. The average molecular weight is 485 g/mol. The van der Waals surface area contributed by atoms with E-state index in [1.165, 1.54) is 11.8 Å². The van der Waals surface area contributed by atoms with Gasteiger partial charge in [0.05, 0.1) is 43.8 Å². The summed E-state index contributed by atoms with van der Waals surface area (Å²) in [4.78, 5) is 26.6. The Labute approximate surface area is 202 Å². The van der Waals surface area contributed by atoms with E-state index in [9.17, 15) is 9.59 Å². The number of piperidine rings is 1. The molecule has 1 amide bonds. The number of nitrogens with zero attached hydrogens (tertiary/aromatic N) is 4. The molecular weight excluding hydrogens is 456 g/mol. The molecule has 0 unspecified atom stereocenters. The molecule has 1 aliphatic heterocycles. The van der Waals surface area contributed by atoms with Crippen molar-refractivity contribution in [2.45, 2.75) is 31.5 Å².